The molecule has 0 atom stereocenters. The van der Waals surface area contributed by atoms with Crippen molar-refractivity contribution in [3.8, 4) is 0 Å². The number of benzene rings is 1. The van der Waals surface area contributed by atoms with E-state index < -0.39 is 5.97 Å². The van der Waals surface area contributed by atoms with Gasteiger partial charge in [0.25, 0.3) is 0 Å². The number of amides is 1. The predicted molar refractivity (Wildman–Crippen MR) is 79.4 cm³/mol. The smallest absolute Gasteiger partial charge is 0.339 e. The lowest BCUT2D eigenvalue weighted by molar-refractivity contribution is -0.131. The van der Waals surface area contributed by atoms with E-state index in [1.165, 1.54) is 12.0 Å². The summed E-state index contributed by atoms with van der Waals surface area (Å²) in [4.78, 5) is 25.8. The van der Waals surface area contributed by atoms with Crippen LogP contribution in [0.5, 0.6) is 0 Å². The molecule has 21 heavy (non-hydrogen) atoms. The molecule has 1 amide bonds. The lowest BCUT2D eigenvalue weighted by Crippen LogP contribution is -2.44. The highest BCUT2D eigenvalue weighted by Gasteiger charge is 2.40. The third-order valence-electron chi connectivity index (χ3n) is 4.22. The van der Waals surface area contributed by atoms with Crippen LogP contribution in [0.2, 0.25) is 0 Å². The van der Waals surface area contributed by atoms with E-state index in [0.717, 1.165) is 19.3 Å². The molecule has 1 aromatic carbocycles. The van der Waals surface area contributed by atoms with Gasteiger partial charge in [0, 0.05) is 14.2 Å². The van der Waals surface area contributed by atoms with Crippen LogP contribution < -0.4 is 4.90 Å². The molecule has 0 bridgehead atoms. The Morgan fingerprint density at radius 1 is 1.24 bits per heavy atom. The maximum Gasteiger partial charge on any atom is 0.339 e. The minimum absolute atomic E-state index is 0.0621. The Balaban J connectivity index is 2.18. The zero-order valence-electron chi connectivity index (χ0n) is 12.7. The second-order valence-corrected chi connectivity index (χ2v) is 5.38. The van der Waals surface area contributed by atoms with Crippen molar-refractivity contribution in [1.29, 1.82) is 0 Å². The molecular weight excluding hydrogens is 270 g/mol. The molecule has 114 valence electrons. The molecule has 0 heterocycles. The fraction of sp³-hybridized carbons (Fsp3) is 0.500. The molecule has 5 nitrogen and oxygen atoms in total. The minimum atomic E-state index is -0.449. The number of rotatable bonds is 5. The van der Waals surface area contributed by atoms with Crippen LogP contribution in [0.4, 0.5) is 5.69 Å². The van der Waals surface area contributed by atoms with Gasteiger partial charge in [0.2, 0.25) is 5.91 Å². The van der Waals surface area contributed by atoms with Crippen LogP contribution in [0.3, 0.4) is 0 Å². The molecule has 0 aliphatic heterocycles. The van der Waals surface area contributed by atoms with E-state index >= 15 is 0 Å². The first-order chi connectivity index (χ1) is 10.0. The molecule has 1 aliphatic carbocycles. The summed E-state index contributed by atoms with van der Waals surface area (Å²) in [5.41, 5.74) is 0.613. The number of ether oxygens (including phenoxy) is 2. The number of nitrogens with zero attached hydrogens (tertiary/aromatic N) is 1. The van der Waals surface area contributed by atoms with E-state index in [0.29, 0.717) is 17.7 Å². The second-order valence-electron chi connectivity index (χ2n) is 5.38. The van der Waals surface area contributed by atoms with Gasteiger partial charge in [-0.25, -0.2) is 4.79 Å². The minimum Gasteiger partial charge on any atom is -0.465 e. The van der Waals surface area contributed by atoms with Gasteiger partial charge in [0.15, 0.2) is 0 Å². The normalized spacial score (nSPS) is 16.0. The van der Waals surface area contributed by atoms with E-state index in [-0.39, 0.29) is 11.5 Å². The lowest BCUT2D eigenvalue weighted by Gasteiger charge is -2.40. The Labute approximate surface area is 124 Å². The molecule has 2 rings (SSSR count). The van der Waals surface area contributed by atoms with Crippen molar-refractivity contribution >= 4 is 17.6 Å². The third-order valence-corrected chi connectivity index (χ3v) is 4.22. The van der Waals surface area contributed by atoms with Crippen molar-refractivity contribution in [3.05, 3.63) is 29.8 Å². The molecule has 5 heteroatoms. The van der Waals surface area contributed by atoms with Crippen molar-refractivity contribution in [2.45, 2.75) is 31.3 Å². The van der Waals surface area contributed by atoms with E-state index in [1.807, 2.05) is 0 Å². The van der Waals surface area contributed by atoms with E-state index in [2.05, 4.69) is 0 Å². The van der Waals surface area contributed by atoms with Gasteiger partial charge in [0.05, 0.1) is 30.4 Å². The first-order valence-corrected chi connectivity index (χ1v) is 7.02. The van der Waals surface area contributed by atoms with Crippen molar-refractivity contribution in [3.63, 3.8) is 0 Å². The van der Waals surface area contributed by atoms with E-state index in [9.17, 15) is 9.59 Å². The average molecular weight is 291 g/mol. The summed E-state index contributed by atoms with van der Waals surface area (Å²) in [5, 5.41) is 0. The molecule has 1 fully saturated rings. The number of para-hydroxylation sites is 1. The van der Waals surface area contributed by atoms with Crippen LogP contribution in [0, 0.1) is 0 Å². The fourth-order valence-corrected chi connectivity index (χ4v) is 2.60. The van der Waals surface area contributed by atoms with Crippen molar-refractivity contribution in [1.82, 2.24) is 0 Å². The zero-order valence-corrected chi connectivity index (χ0v) is 12.7. The summed E-state index contributed by atoms with van der Waals surface area (Å²) in [7, 11) is 4.65. The van der Waals surface area contributed by atoms with Gasteiger partial charge in [-0.3, -0.25) is 4.79 Å². The zero-order chi connectivity index (χ0) is 15.5. The molecule has 1 aliphatic rings. The molecule has 0 saturated heterocycles. The van der Waals surface area contributed by atoms with Crippen LogP contribution in [-0.4, -0.2) is 38.7 Å². The van der Waals surface area contributed by atoms with Crippen LogP contribution in [0.25, 0.3) is 0 Å². The summed E-state index contributed by atoms with van der Waals surface area (Å²) >= 11 is 0. The molecule has 0 spiro atoms. The van der Waals surface area contributed by atoms with Gasteiger partial charge in [-0.2, -0.15) is 0 Å². The first-order valence-electron chi connectivity index (χ1n) is 7.02. The highest BCUT2D eigenvalue weighted by atomic mass is 16.5. The van der Waals surface area contributed by atoms with Gasteiger partial charge < -0.3 is 14.4 Å². The Bertz CT molecular complexity index is 531. The number of hydrogen-bond acceptors (Lipinski definition) is 4. The summed E-state index contributed by atoms with van der Waals surface area (Å²) in [6, 6.07) is 6.93. The van der Waals surface area contributed by atoms with Gasteiger partial charge >= 0.3 is 5.97 Å². The molecular formula is C16H21NO4. The van der Waals surface area contributed by atoms with Crippen LogP contribution in [0.1, 0.15) is 36.0 Å². The third kappa shape index (κ3) is 3.08. The highest BCUT2D eigenvalue weighted by molar-refractivity contribution is 6.02. The first kappa shape index (κ1) is 15.5. The monoisotopic (exact) mass is 291 g/mol. The lowest BCUT2D eigenvalue weighted by atomic mass is 9.77. The van der Waals surface area contributed by atoms with E-state index in [1.54, 1.807) is 38.4 Å². The van der Waals surface area contributed by atoms with Crippen molar-refractivity contribution in [2.75, 3.05) is 26.2 Å². The molecule has 0 aromatic heterocycles. The Morgan fingerprint density at radius 2 is 1.90 bits per heavy atom. The van der Waals surface area contributed by atoms with Crippen LogP contribution >= 0.6 is 0 Å². The number of hydrogen-bond donors (Lipinski definition) is 0. The molecule has 0 N–H and O–H groups in total. The number of methoxy groups -OCH3 is 2. The standard InChI is InChI=1S/C16H21NO4/c1-17(14(18)11-16(21-3)9-6-10-16)13-8-5-4-7-12(13)15(19)20-2/h4-5,7-8H,6,9-11H2,1-3H3. The largest absolute Gasteiger partial charge is 0.465 e. The van der Waals surface area contributed by atoms with Gasteiger partial charge in [0.1, 0.15) is 0 Å². The van der Waals surface area contributed by atoms with Crippen molar-refractivity contribution < 1.29 is 19.1 Å². The Kier molecular flexibility index (Phi) is 4.63. The van der Waals surface area contributed by atoms with Gasteiger partial charge in [-0.05, 0) is 31.4 Å². The summed E-state index contributed by atoms with van der Waals surface area (Å²) < 4.78 is 10.2. The summed E-state index contributed by atoms with van der Waals surface area (Å²) in [6.45, 7) is 0. The van der Waals surface area contributed by atoms with Gasteiger partial charge in [-0.15, -0.1) is 0 Å². The Morgan fingerprint density at radius 3 is 2.43 bits per heavy atom. The quantitative estimate of drug-likeness (QED) is 0.782. The average Bonchev–Trinajstić information content (AvgIpc) is 2.49. The SMILES string of the molecule is COC(=O)c1ccccc1N(C)C(=O)CC1(OC)CCC1. The summed E-state index contributed by atoms with van der Waals surface area (Å²) in [6.07, 6.45) is 3.22. The van der Waals surface area contributed by atoms with E-state index in [4.69, 9.17) is 9.47 Å². The number of carbonyl (C=O) groups excluding carboxylic acids is 2. The van der Waals surface area contributed by atoms with Crippen LogP contribution in [-0.2, 0) is 14.3 Å². The molecule has 0 radical (unpaired) electrons. The molecule has 0 unspecified atom stereocenters. The topological polar surface area (TPSA) is 55.8 Å². The van der Waals surface area contributed by atoms with Crippen LogP contribution in [0.15, 0.2) is 24.3 Å². The number of esters is 1. The highest BCUT2D eigenvalue weighted by Crippen LogP contribution is 2.38. The Hall–Kier alpha value is -1.88. The maximum absolute atomic E-state index is 12.5. The number of carbonyl (C=O) groups is 2. The molecule has 1 saturated carbocycles. The summed E-state index contributed by atoms with van der Waals surface area (Å²) in [5.74, 6) is -0.511. The second kappa shape index (κ2) is 6.26. The molecule has 1 aromatic rings. The van der Waals surface area contributed by atoms with Gasteiger partial charge in [-0.1, -0.05) is 12.1 Å². The fourth-order valence-electron chi connectivity index (χ4n) is 2.60. The number of anilines is 1. The maximum atomic E-state index is 12.5. The van der Waals surface area contributed by atoms with Crippen molar-refractivity contribution in [2.24, 2.45) is 0 Å². The predicted octanol–water partition coefficient (Wildman–Crippen LogP) is 2.40.